The summed E-state index contributed by atoms with van der Waals surface area (Å²) in [5.74, 6) is -1.84. The SMILES string of the molecule is COC(=O)c1ccccc1NC(=O)n1cc(NC(=O)c2c(Cl)cccc2Cl)c(C(=O)N(C)C2CNC2)n1. The maximum Gasteiger partial charge on any atom is 0.346 e. The Hall–Kier alpha value is -3.93. The maximum absolute atomic E-state index is 13.3. The summed E-state index contributed by atoms with van der Waals surface area (Å²) in [6, 6.07) is 9.98. The molecule has 1 saturated heterocycles. The molecule has 0 aliphatic carbocycles. The van der Waals surface area contributed by atoms with Gasteiger partial charge in [-0.3, -0.25) is 9.59 Å². The number of nitrogens with one attached hydrogen (secondary N) is 3. The molecule has 2 aromatic carbocycles. The van der Waals surface area contributed by atoms with E-state index in [0.717, 1.165) is 4.68 Å². The van der Waals surface area contributed by atoms with Gasteiger partial charge in [-0.1, -0.05) is 41.4 Å². The Morgan fingerprint density at radius 3 is 2.32 bits per heavy atom. The topological polar surface area (TPSA) is 135 Å². The molecule has 37 heavy (non-hydrogen) atoms. The van der Waals surface area contributed by atoms with Crippen LogP contribution < -0.4 is 16.0 Å². The average molecular weight is 545 g/mol. The fourth-order valence-electron chi connectivity index (χ4n) is 3.56. The third kappa shape index (κ3) is 5.43. The Morgan fingerprint density at radius 2 is 1.70 bits per heavy atom. The lowest BCUT2D eigenvalue weighted by molar-refractivity contribution is 0.0601. The largest absolute Gasteiger partial charge is 0.465 e. The fraction of sp³-hybridized carbons (Fsp3) is 0.208. The second-order valence-corrected chi connectivity index (χ2v) is 8.90. The van der Waals surface area contributed by atoms with Crippen molar-refractivity contribution in [3.63, 3.8) is 0 Å². The Kier molecular flexibility index (Phi) is 7.77. The molecule has 0 atom stereocenters. The van der Waals surface area contributed by atoms with E-state index in [0.29, 0.717) is 13.1 Å². The van der Waals surface area contributed by atoms with Gasteiger partial charge in [0.15, 0.2) is 5.69 Å². The number of amides is 3. The summed E-state index contributed by atoms with van der Waals surface area (Å²) in [5, 5.41) is 12.6. The molecule has 2 heterocycles. The smallest absolute Gasteiger partial charge is 0.346 e. The first-order valence-corrected chi connectivity index (χ1v) is 11.8. The Balaban J connectivity index is 1.67. The molecule has 0 radical (unpaired) electrons. The van der Waals surface area contributed by atoms with E-state index in [2.05, 4.69) is 21.0 Å². The third-order valence-electron chi connectivity index (χ3n) is 5.76. The summed E-state index contributed by atoms with van der Waals surface area (Å²) < 4.78 is 5.61. The monoisotopic (exact) mass is 544 g/mol. The van der Waals surface area contributed by atoms with Crippen LogP contribution in [0, 0.1) is 0 Å². The van der Waals surface area contributed by atoms with Gasteiger partial charge in [0.05, 0.1) is 51.9 Å². The molecule has 192 valence electrons. The number of aromatic nitrogens is 2. The lowest BCUT2D eigenvalue weighted by Gasteiger charge is -2.35. The van der Waals surface area contributed by atoms with Gasteiger partial charge in [-0.05, 0) is 24.3 Å². The van der Waals surface area contributed by atoms with Crippen molar-refractivity contribution in [2.45, 2.75) is 6.04 Å². The molecule has 0 spiro atoms. The molecule has 1 aliphatic heterocycles. The fourth-order valence-corrected chi connectivity index (χ4v) is 4.13. The minimum Gasteiger partial charge on any atom is -0.465 e. The number of nitrogens with zero attached hydrogens (tertiary/aromatic N) is 3. The number of carbonyl (C=O) groups is 4. The summed E-state index contributed by atoms with van der Waals surface area (Å²) in [6.45, 7) is 1.20. The van der Waals surface area contributed by atoms with E-state index < -0.39 is 23.8 Å². The molecule has 4 rings (SSSR count). The van der Waals surface area contributed by atoms with E-state index >= 15 is 0 Å². The number of carbonyl (C=O) groups excluding carboxylic acids is 4. The Morgan fingerprint density at radius 1 is 1.03 bits per heavy atom. The molecule has 1 aromatic heterocycles. The number of hydrogen-bond acceptors (Lipinski definition) is 7. The van der Waals surface area contributed by atoms with Crippen molar-refractivity contribution in [3.05, 3.63) is 75.5 Å². The number of para-hydroxylation sites is 1. The summed E-state index contributed by atoms with van der Waals surface area (Å²) in [6.07, 6.45) is 1.19. The van der Waals surface area contributed by atoms with Gasteiger partial charge in [-0.2, -0.15) is 9.78 Å². The highest BCUT2D eigenvalue weighted by Crippen LogP contribution is 2.27. The third-order valence-corrected chi connectivity index (χ3v) is 6.39. The molecule has 3 N–H and O–H groups in total. The van der Waals surface area contributed by atoms with E-state index in [9.17, 15) is 19.2 Å². The molecule has 1 aliphatic rings. The second kappa shape index (κ2) is 11.0. The number of esters is 1. The van der Waals surface area contributed by atoms with Crippen molar-refractivity contribution in [3.8, 4) is 0 Å². The first-order chi connectivity index (χ1) is 17.7. The number of hydrogen-bond donors (Lipinski definition) is 3. The number of methoxy groups -OCH3 is 1. The van der Waals surface area contributed by atoms with E-state index in [-0.39, 0.29) is 44.3 Å². The minimum absolute atomic E-state index is 0.00462. The van der Waals surface area contributed by atoms with Crippen LogP contribution in [0.2, 0.25) is 10.0 Å². The molecule has 3 amide bonds. The van der Waals surface area contributed by atoms with Crippen LogP contribution in [0.1, 0.15) is 31.2 Å². The number of halogens is 2. The van der Waals surface area contributed by atoms with Gasteiger partial charge in [0.25, 0.3) is 11.8 Å². The molecule has 1 fully saturated rings. The zero-order chi connectivity index (χ0) is 26.7. The highest BCUT2D eigenvalue weighted by atomic mass is 35.5. The van der Waals surface area contributed by atoms with Gasteiger partial charge >= 0.3 is 12.0 Å². The second-order valence-electron chi connectivity index (χ2n) is 8.08. The van der Waals surface area contributed by atoms with Crippen LogP contribution >= 0.6 is 23.2 Å². The molecule has 11 nitrogen and oxygen atoms in total. The highest BCUT2D eigenvalue weighted by molar-refractivity contribution is 6.40. The molecule has 0 bridgehead atoms. The summed E-state index contributed by atoms with van der Waals surface area (Å²) in [4.78, 5) is 52.9. The van der Waals surface area contributed by atoms with Crippen LogP contribution in [-0.4, -0.2) is 71.8 Å². The van der Waals surface area contributed by atoms with E-state index in [1.54, 1.807) is 25.2 Å². The number of likely N-dealkylation sites (N-methyl/N-ethyl adjacent to an activating group) is 1. The van der Waals surface area contributed by atoms with Crippen LogP contribution in [0.5, 0.6) is 0 Å². The maximum atomic E-state index is 13.3. The first-order valence-electron chi connectivity index (χ1n) is 11.0. The average Bonchev–Trinajstić information content (AvgIpc) is 3.26. The van der Waals surface area contributed by atoms with E-state index in [1.165, 1.54) is 42.5 Å². The van der Waals surface area contributed by atoms with Crippen LogP contribution in [0.15, 0.2) is 48.7 Å². The van der Waals surface area contributed by atoms with Crippen molar-refractivity contribution in [2.75, 3.05) is 37.9 Å². The first kappa shape index (κ1) is 26.1. The normalized spacial score (nSPS) is 12.9. The van der Waals surface area contributed by atoms with Crippen molar-refractivity contribution in [1.29, 1.82) is 0 Å². The van der Waals surface area contributed by atoms with E-state index in [4.69, 9.17) is 27.9 Å². The van der Waals surface area contributed by atoms with Gasteiger partial charge in [0.1, 0.15) is 0 Å². The van der Waals surface area contributed by atoms with Crippen LogP contribution in [0.25, 0.3) is 0 Å². The Labute approximate surface area is 221 Å². The van der Waals surface area contributed by atoms with Crippen molar-refractivity contribution >= 4 is 58.4 Å². The summed E-state index contributed by atoms with van der Waals surface area (Å²) in [5.41, 5.74) is 0.114. The lowest BCUT2D eigenvalue weighted by Crippen LogP contribution is -2.57. The lowest BCUT2D eigenvalue weighted by atomic mass is 10.1. The molecule has 0 unspecified atom stereocenters. The summed E-state index contributed by atoms with van der Waals surface area (Å²) in [7, 11) is 2.83. The number of rotatable bonds is 6. The van der Waals surface area contributed by atoms with Gasteiger partial charge in [-0.25, -0.2) is 9.59 Å². The van der Waals surface area contributed by atoms with Crippen LogP contribution in [0.3, 0.4) is 0 Å². The standard InChI is InChI=1S/C24H22Cl2N6O5/c1-31(13-10-27-11-13)22(34)20-18(28-21(33)19-15(25)7-5-8-16(19)26)12-32(30-20)24(36)29-17-9-4-3-6-14(17)23(35)37-2/h3-9,12-13,27H,10-11H2,1-2H3,(H,28,33)(H,29,36). The quantitative estimate of drug-likeness (QED) is 0.405. The van der Waals surface area contributed by atoms with Crippen LogP contribution in [-0.2, 0) is 4.74 Å². The van der Waals surface area contributed by atoms with Crippen molar-refractivity contribution in [1.82, 2.24) is 20.0 Å². The van der Waals surface area contributed by atoms with Gasteiger partial charge < -0.3 is 25.6 Å². The van der Waals surface area contributed by atoms with Crippen molar-refractivity contribution in [2.24, 2.45) is 0 Å². The van der Waals surface area contributed by atoms with Gasteiger partial charge in [-0.15, -0.1) is 0 Å². The summed E-state index contributed by atoms with van der Waals surface area (Å²) >= 11 is 12.3. The Bertz CT molecular complexity index is 1370. The van der Waals surface area contributed by atoms with Crippen molar-refractivity contribution < 1.29 is 23.9 Å². The zero-order valence-corrected chi connectivity index (χ0v) is 21.3. The number of benzene rings is 2. The molecule has 13 heteroatoms. The predicted octanol–water partition coefficient (Wildman–Crippen LogP) is 3.35. The molecular weight excluding hydrogens is 523 g/mol. The van der Waals surface area contributed by atoms with E-state index in [1.807, 2.05) is 0 Å². The molecular formula is C24H22Cl2N6O5. The minimum atomic E-state index is -0.783. The van der Waals surface area contributed by atoms with Gasteiger partial charge in [0, 0.05) is 20.1 Å². The predicted molar refractivity (Wildman–Crippen MR) is 138 cm³/mol. The zero-order valence-electron chi connectivity index (χ0n) is 19.7. The number of ether oxygens (including phenoxy) is 1. The number of anilines is 2. The highest BCUT2D eigenvalue weighted by Gasteiger charge is 2.31. The van der Waals surface area contributed by atoms with Crippen LogP contribution in [0.4, 0.5) is 16.2 Å². The van der Waals surface area contributed by atoms with Gasteiger partial charge in [0.2, 0.25) is 0 Å². The molecule has 0 saturated carbocycles. The molecule has 3 aromatic rings.